The van der Waals surface area contributed by atoms with Crippen LogP contribution in [0.2, 0.25) is 0 Å². The third-order valence-corrected chi connectivity index (χ3v) is 5.15. The highest BCUT2D eigenvalue weighted by atomic mass is 32.2. The van der Waals surface area contributed by atoms with Crippen LogP contribution in [0.4, 0.5) is 11.5 Å². The van der Waals surface area contributed by atoms with Gasteiger partial charge in [0.1, 0.15) is 5.82 Å². The molecule has 0 spiro atoms. The minimum atomic E-state index is -3.89. The van der Waals surface area contributed by atoms with Crippen LogP contribution in [0.1, 0.15) is 31.4 Å². The predicted molar refractivity (Wildman–Crippen MR) is 93.1 cm³/mol. The Morgan fingerprint density at radius 2 is 1.88 bits per heavy atom. The highest BCUT2D eigenvalue weighted by molar-refractivity contribution is 7.92. The van der Waals surface area contributed by atoms with Gasteiger partial charge in [-0.15, -0.1) is 0 Å². The summed E-state index contributed by atoms with van der Waals surface area (Å²) in [5.41, 5.74) is 0.601. The van der Waals surface area contributed by atoms with E-state index in [2.05, 4.69) is 15.0 Å². The van der Waals surface area contributed by atoms with E-state index >= 15 is 0 Å². The van der Waals surface area contributed by atoms with Gasteiger partial charge in [0.2, 0.25) is 5.91 Å². The van der Waals surface area contributed by atoms with Crippen molar-refractivity contribution in [3.8, 4) is 0 Å². The standard InChI is InChI=1S/C16H18N4O4S/c1-10-9-20(13-5-6-13)16(22)18-15(10)19-25(23,24)14-7-3-12(4-8-14)17-11(2)21/h3-4,7-9,13H,5-6H2,1-2H3,(H,17,21)(H,18,19,22). The number of rotatable bonds is 5. The third-order valence-electron chi connectivity index (χ3n) is 3.79. The molecule has 1 aliphatic rings. The number of benzene rings is 1. The van der Waals surface area contributed by atoms with Gasteiger partial charge in [-0.25, -0.2) is 13.2 Å². The van der Waals surface area contributed by atoms with Crippen molar-refractivity contribution in [2.45, 2.75) is 37.6 Å². The minimum absolute atomic E-state index is 0.00849. The van der Waals surface area contributed by atoms with Gasteiger partial charge in [0.15, 0.2) is 0 Å². The van der Waals surface area contributed by atoms with Gasteiger partial charge in [0, 0.05) is 30.4 Å². The van der Waals surface area contributed by atoms with Gasteiger partial charge in [0.25, 0.3) is 10.0 Å². The molecule has 1 aromatic carbocycles. The molecular formula is C16H18N4O4S. The molecule has 1 amide bonds. The zero-order chi connectivity index (χ0) is 18.2. The van der Waals surface area contributed by atoms with E-state index in [1.165, 1.54) is 35.8 Å². The molecule has 1 fully saturated rings. The van der Waals surface area contributed by atoms with E-state index in [1.807, 2.05) is 0 Å². The quantitative estimate of drug-likeness (QED) is 0.840. The van der Waals surface area contributed by atoms with Crippen molar-refractivity contribution in [2.75, 3.05) is 10.0 Å². The summed E-state index contributed by atoms with van der Waals surface area (Å²) in [4.78, 5) is 26.9. The summed E-state index contributed by atoms with van der Waals surface area (Å²) >= 11 is 0. The van der Waals surface area contributed by atoms with Crippen molar-refractivity contribution in [3.05, 3.63) is 46.5 Å². The molecule has 2 N–H and O–H groups in total. The first kappa shape index (κ1) is 17.2. The first-order valence-corrected chi connectivity index (χ1v) is 9.25. The smallest absolute Gasteiger partial charge is 0.326 e. The molecule has 1 heterocycles. The summed E-state index contributed by atoms with van der Waals surface area (Å²) in [5, 5.41) is 2.56. The molecule has 1 aromatic heterocycles. The number of nitrogens with one attached hydrogen (secondary N) is 2. The average molecular weight is 362 g/mol. The van der Waals surface area contributed by atoms with E-state index in [1.54, 1.807) is 13.1 Å². The van der Waals surface area contributed by atoms with Crippen LogP contribution in [0.15, 0.2) is 40.2 Å². The second kappa shape index (κ2) is 6.32. The lowest BCUT2D eigenvalue weighted by Crippen LogP contribution is -2.25. The van der Waals surface area contributed by atoms with E-state index in [0.29, 0.717) is 11.3 Å². The highest BCUT2D eigenvalue weighted by Gasteiger charge is 2.26. The van der Waals surface area contributed by atoms with Gasteiger partial charge in [-0.05, 0) is 44.0 Å². The average Bonchev–Trinajstić information content (AvgIpc) is 3.35. The largest absolute Gasteiger partial charge is 0.349 e. The molecule has 2 aromatic rings. The lowest BCUT2D eigenvalue weighted by Gasteiger charge is -2.12. The Kier molecular flexibility index (Phi) is 4.34. The van der Waals surface area contributed by atoms with Crippen molar-refractivity contribution in [2.24, 2.45) is 0 Å². The third kappa shape index (κ3) is 3.87. The van der Waals surface area contributed by atoms with Gasteiger partial charge in [0.05, 0.1) is 4.90 Å². The molecule has 1 saturated carbocycles. The number of hydrogen-bond acceptors (Lipinski definition) is 5. The van der Waals surface area contributed by atoms with Crippen LogP contribution in [-0.2, 0) is 14.8 Å². The van der Waals surface area contributed by atoms with Crippen LogP contribution in [0.5, 0.6) is 0 Å². The Balaban J connectivity index is 1.85. The number of carbonyl (C=O) groups excluding carboxylic acids is 1. The fourth-order valence-electron chi connectivity index (χ4n) is 2.39. The fourth-order valence-corrected chi connectivity index (χ4v) is 3.46. The maximum absolute atomic E-state index is 12.5. The van der Waals surface area contributed by atoms with Crippen molar-refractivity contribution < 1.29 is 13.2 Å². The van der Waals surface area contributed by atoms with Crippen LogP contribution < -0.4 is 15.7 Å². The number of nitrogens with zero attached hydrogens (tertiary/aromatic N) is 2. The van der Waals surface area contributed by atoms with E-state index in [-0.39, 0.29) is 22.7 Å². The first-order valence-electron chi connectivity index (χ1n) is 7.76. The van der Waals surface area contributed by atoms with Crippen LogP contribution in [-0.4, -0.2) is 23.9 Å². The molecule has 0 saturated heterocycles. The Morgan fingerprint density at radius 1 is 1.24 bits per heavy atom. The molecule has 132 valence electrons. The van der Waals surface area contributed by atoms with Crippen molar-refractivity contribution >= 4 is 27.4 Å². The van der Waals surface area contributed by atoms with E-state index in [9.17, 15) is 18.0 Å². The summed E-state index contributed by atoms with van der Waals surface area (Å²) in [6.45, 7) is 3.06. The van der Waals surface area contributed by atoms with Crippen molar-refractivity contribution in [1.29, 1.82) is 0 Å². The number of aryl methyl sites for hydroxylation is 1. The Hall–Kier alpha value is -2.68. The zero-order valence-electron chi connectivity index (χ0n) is 13.8. The summed E-state index contributed by atoms with van der Waals surface area (Å²) in [7, 11) is -3.89. The van der Waals surface area contributed by atoms with Gasteiger partial charge in [-0.1, -0.05) is 0 Å². The molecule has 3 rings (SSSR count). The normalized spacial score (nSPS) is 14.2. The summed E-state index contributed by atoms with van der Waals surface area (Å²) in [6, 6.07) is 5.89. The summed E-state index contributed by atoms with van der Waals surface area (Å²) in [6.07, 6.45) is 3.50. The first-order chi connectivity index (χ1) is 11.8. The molecule has 0 unspecified atom stereocenters. The fraction of sp³-hybridized carbons (Fsp3) is 0.312. The topological polar surface area (TPSA) is 110 Å². The molecule has 9 heteroatoms. The molecule has 1 aliphatic carbocycles. The van der Waals surface area contributed by atoms with Crippen molar-refractivity contribution in [1.82, 2.24) is 9.55 Å². The van der Waals surface area contributed by atoms with Crippen LogP contribution in [0.25, 0.3) is 0 Å². The van der Waals surface area contributed by atoms with Crippen LogP contribution in [0, 0.1) is 6.92 Å². The molecule has 25 heavy (non-hydrogen) atoms. The second-order valence-electron chi connectivity index (χ2n) is 6.00. The number of aromatic nitrogens is 2. The lowest BCUT2D eigenvalue weighted by molar-refractivity contribution is -0.114. The van der Waals surface area contributed by atoms with Gasteiger partial charge in [-0.3, -0.25) is 14.1 Å². The molecule has 0 radical (unpaired) electrons. The zero-order valence-corrected chi connectivity index (χ0v) is 14.6. The Bertz CT molecular complexity index is 976. The number of anilines is 2. The van der Waals surface area contributed by atoms with E-state index in [0.717, 1.165) is 12.8 Å². The molecular weight excluding hydrogens is 344 g/mol. The van der Waals surface area contributed by atoms with Gasteiger partial charge in [-0.2, -0.15) is 4.98 Å². The predicted octanol–water partition coefficient (Wildman–Crippen LogP) is 1.65. The Morgan fingerprint density at radius 3 is 2.44 bits per heavy atom. The lowest BCUT2D eigenvalue weighted by atomic mass is 10.3. The minimum Gasteiger partial charge on any atom is -0.326 e. The highest BCUT2D eigenvalue weighted by Crippen LogP contribution is 2.33. The van der Waals surface area contributed by atoms with Crippen LogP contribution >= 0.6 is 0 Å². The maximum atomic E-state index is 12.5. The summed E-state index contributed by atoms with van der Waals surface area (Å²) in [5.74, 6) is -0.224. The van der Waals surface area contributed by atoms with Crippen molar-refractivity contribution in [3.63, 3.8) is 0 Å². The molecule has 0 bridgehead atoms. The maximum Gasteiger partial charge on any atom is 0.349 e. The molecule has 8 nitrogen and oxygen atoms in total. The van der Waals surface area contributed by atoms with Crippen LogP contribution in [0.3, 0.4) is 0 Å². The molecule has 0 atom stereocenters. The SMILES string of the molecule is CC(=O)Nc1ccc(S(=O)(=O)Nc2nc(=O)n(C3CC3)cc2C)cc1. The second-order valence-corrected chi connectivity index (χ2v) is 7.69. The van der Waals surface area contributed by atoms with Gasteiger partial charge >= 0.3 is 5.69 Å². The summed E-state index contributed by atoms with van der Waals surface area (Å²) < 4.78 is 28.9. The number of sulfonamides is 1. The van der Waals surface area contributed by atoms with Gasteiger partial charge < -0.3 is 5.32 Å². The number of amides is 1. The number of carbonyl (C=O) groups is 1. The Labute approximate surface area is 145 Å². The van der Waals surface area contributed by atoms with E-state index < -0.39 is 15.7 Å². The number of hydrogen-bond donors (Lipinski definition) is 2. The van der Waals surface area contributed by atoms with E-state index in [4.69, 9.17) is 0 Å². The molecule has 0 aliphatic heterocycles. The monoisotopic (exact) mass is 362 g/mol.